The van der Waals surface area contributed by atoms with Crippen LogP contribution < -0.4 is 0 Å². The second-order valence-electron chi connectivity index (χ2n) is 10.3. The molecule has 0 aromatic heterocycles. The molecule has 1 aliphatic heterocycles. The van der Waals surface area contributed by atoms with Crippen molar-refractivity contribution in [3.63, 3.8) is 0 Å². The van der Waals surface area contributed by atoms with Crippen LogP contribution in [0.4, 0.5) is 13.2 Å². The summed E-state index contributed by atoms with van der Waals surface area (Å²) in [4.78, 5) is 26.2. The zero-order chi connectivity index (χ0) is 29.3. The highest BCUT2D eigenvalue weighted by Gasteiger charge is 2.51. The Morgan fingerprint density at radius 2 is 1.67 bits per heavy atom. The molecule has 0 bridgehead atoms. The first-order chi connectivity index (χ1) is 17.9. The number of alkyl halides is 3. The van der Waals surface area contributed by atoms with Gasteiger partial charge in [-0.3, -0.25) is 9.59 Å². The number of carbonyl (C=O) groups is 2. The van der Waals surface area contributed by atoms with Gasteiger partial charge in [0.2, 0.25) is 0 Å². The topological polar surface area (TPSA) is 101 Å². The minimum atomic E-state index is -4.85. The van der Waals surface area contributed by atoms with Crippen LogP contribution in [-0.4, -0.2) is 59.1 Å². The second-order valence-corrected chi connectivity index (χ2v) is 14.0. The van der Waals surface area contributed by atoms with E-state index in [4.69, 9.17) is 27.9 Å². The van der Waals surface area contributed by atoms with Gasteiger partial charge in [-0.2, -0.15) is 13.2 Å². The first-order valence-corrected chi connectivity index (χ1v) is 14.3. The minimum Gasteiger partial charge on any atom is -0.481 e. The van der Waals surface area contributed by atoms with Crippen LogP contribution in [0.25, 0.3) is 0 Å². The Balaban J connectivity index is 2.29. The number of halogens is 5. The first kappa shape index (κ1) is 31.2. The molecule has 7 nitrogen and oxygen atoms in total. The maximum absolute atomic E-state index is 13.9. The number of aliphatic carboxylic acids is 1. The van der Waals surface area contributed by atoms with Gasteiger partial charge in [-0.15, -0.1) is 0 Å². The highest BCUT2D eigenvalue weighted by molar-refractivity contribution is 7.92. The fraction of sp³-hybridized carbons (Fsp3) is 0.462. The summed E-state index contributed by atoms with van der Waals surface area (Å²) >= 11 is 12.2. The highest BCUT2D eigenvalue weighted by atomic mass is 35.5. The van der Waals surface area contributed by atoms with Gasteiger partial charge in [-0.05, 0) is 56.2 Å². The Morgan fingerprint density at radius 3 is 2.18 bits per heavy atom. The van der Waals surface area contributed by atoms with Gasteiger partial charge in [-0.25, -0.2) is 8.42 Å². The summed E-state index contributed by atoms with van der Waals surface area (Å²) in [6.45, 7) is 4.06. The van der Waals surface area contributed by atoms with Crippen molar-refractivity contribution in [1.82, 2.24) is 4.90 Å². The summed E-state index contributed by atoms with van der Waals surface area (Å²) in [6, 6.07) is 9.00. The molecular formula is C26H28Cl2F3NO6S. The molecule has 1 amide bonds. The number of benzene rings is 2. The molecule has 39 heavy (non-hydrogen) atoms. The Kier molecular flexibility index (Phi) is 9.31. The molecule has 3 rings (SSSR count). The van der Waals surface area contributed by atoms with E-state index in [9.17, 15) is 36.3 Å². The van der Waals surface area contributed by atoms with Gasteiger partial charge in [0.05, 0.1) is 35.4 Å². The molecule has 0 radical (unpaired) electrons. The number of rotatable bonds is 8. The summed E-state index contributed by atoms with van der Waals surface area (Å²) in [5.74, 6) is -3.49. The largest absolute Gasteiger partial charge is 0.481 e. The van der Waals surface area contributed by atoms with Gasteiger partial charge in [0.1, 0.15) is 12.2 Å². The lowest BCUT2D eigenvalue weighted by molar-refractivity contribution is -0.191. The molecule has 2 aromatic rings. The molecule has 4 atom stereocenters. The predicted molar refractivity (Wildman–Crippen MR) is 140 cm³/mol. The number of morpholine rings is 1. The number of carboxylic acid groups (broad SMARTS) is 1. The Bertz CT molecular complexity index is 1310. The fourth-order valence-corrected chi connectivity index (χ4v) is 6.02. The van der Waals surface area contributed by atoms with Crippen LogP contribution in [0.2, 0.25) is 10.0 Å². The smallest absolute Gasteiger partial charge is 0.391 e. The van der Waals surface area contributed by atoms with Gasteiger partial charge in [-0.1, -0.05) is 47.5 Å². The van der Waals surface area contributed by atoms with Gasteiger partial charge in [0, 0.05) is 10.0 Å². The number of sulfone groups is 1. The third-order valence-corrected chi connectivity index (χ3v) is 9.56. The van der Waals surface area contributed by atoms with E-state index in [1.165, 1.54) is 51.1 Å². The number of hydrogen-bond acceptors (Lipinski definition) is 5. The average molecular weight is 610 g/mol. The van der Waals surface area contributed by atoms with Crippen molar-refractivity contribution in [2.45, 2.75) is 68.8 Å². The van der Waals surface area contributed by atoms with Gasteiger partial charge in [0.15, 0.2) is 9.84 Å². The standard InChI is InChI=1S/C26H28Cl2F3NO6S/c1-25(2,3)39(36,37)14-19(13-26(29,30)31)32-22(15-7-9-17(27)10-8-15)23(16-5-4-6-18(28)11-16)38-20(24(32)35)12-21(33)34/h4-11,19-20,22-23H,12-14H2,1-3H3,(H,33,34)/t19?,20-,22-,23-/m1/s1. The van der Waals surface area contributed by atoms with Crippen LogP contribution in [0.3, 0.4) is 0 Å². The normalized spacial score (nSPS) is 21.6. The quantitative estimate of drug-likeness (QED) is 0.393. The minimum absolute atomic E-state index is 0.270. The third-order valence-electron chi connectivity index (χ3n) is 6.38. The van der Waals surface area contributed by atoms with Crippen LogP contribution in [0.5, 0.6) is 0 Å². The molecule has 13 heteroatoms. The van der Waals surface area contributed by atoms with Crippen molar-refractivity contribution in [3.05, 3.63) is 69.7 Å². The van der Waals surface area contributed by atoms with E-state index in [0.717, 1.165) is 4.90 Å². The van der Waals surface area contributed by atoms with Crippen molar-refractivity contribution in [2.24, 2.45) is 0 Å². The first-order valence-electron chi connectivity index (χ1n) is 11.9. The molecule has 1 unspecified atom stereocenters. The molecule has 2 aromatic carbocycles. The van der Waals surface area contributed by atoms with Crippen molar-refractivity contribution >= 4 is 44.9 Å². The van der Waals surface area contributed by atoms with E-state index < -0.39 is 75.5 Å². The Labute approximate surface area is 234 Å². The summed E-state index contributed by atoms with van der Waals surface area (Å²) in [6.07, 6.45) is -10.2. The van der Waals surface area contributed by atoms with Gasteiger partial charge < -0.3 is 14.7 Å². The van der Waals surface area contributed by atoms with Crippen LogP contribution in [0, 0.1) is 0 Å². The van der Waals surface area contributed by atoms with Crippen LogP contribution in [-0.2, 0) is 24.2 Å². The maximum Gasteiger partial charge on any atom is 0.391 e. The number of carboxylic acids is 1. The Hall–Kier alpha value is -2.34. The van der Waals surface area contributed by atoms with E-state index in [0.29, 0.717) is 16.1 Å². The highest BCUT2D eigenvalue weighted by Crippen LogP contribution is 2.46. The lowest BCUT2D eigenvalue weighted by Crippen LogP contribution is -2.58. The van der Waals surface area contributed by atoms with Gasteiger partial charge in [0.25, 0.3) is 5.91 Å². The van der Waals surface area contributed by atoms with E-state index in [1.807, 2.05) is 0 Å². The zero-order valence-corrected chi connectivity index (χ0v) is 23.6. The SMILES string of the molecule is CC(C)(C)S(=O)(=O)CC(CC(F)(F)F)N1C(=O)[C@@H](CC(=O)O)O[C@H](c2cccc(Cl)c2)[C@H]1c1ccc(Cl)cc1. The molecule has 1 saturated heterocycles. The zero-order valence-electron chi connectivity index (χ0n) is 21.3. The average Bonchev–Trinajstić information content (AvgIpc) is 2.78. The maximum atomic E-state index is 13.9. The molecule has 1 aliphatic rings. The molecule has 0 saturated carbocycles. The van der Waals surface area contributed by atoms with Crippen LogP contribution in [0.1, 0.15) is 56.9 Å². The van der Waals surface area contributed by atoms with E-state index in [1.54, 1.807) is 18.2 Å². The van der Waals surface area contributed by atoms with E-state index in [2.05, 4.69) is 0 Å². The van der Waals surface area contributed by atoms with E-state index in [-0.39, 0.29) is 5.02 Å². The number of hydrogen-bond donors (Lipinski definition) is 1. The number of carbonyl (C=O) groups excluding carboxylic acids is 1. The summed E-state index contributed by atoms with van der Waals surface area (Å²) in [5, 5.41) is 10.0. The molecule has 1 fully saturated rings. The van der Waals surface area contributed by atoms with Crippen LogP contribution in [0.15, 0.2) is 48.5 Å². The molecule has 0 aliphatic carbocycles. The Morgan fingerprint density at radius 1 is 1.05 bits per heavy atom. The summed E-state index contributed by atoms with van der Waals surface area (Å²) < 4.78 is 72.7. The second kappa shape index (κ2) is 11.6. The third kappa shape index (κ3) is 7.65. The molecule has 214 valence electrons. The van der Waals surface area contributed by atoms with E-state index >= 15 is 0 Å². The van der Waals surface area contributed by atoms with Crippen molar-refractivity contribution in [3.8, 4) is 0 Å². The lowest BCUT2D eigenvalue weighted by atomic mass is 9.89. The number of nitrogens with zero attached hydrogens (tertiary/aromatic N) is 1. The molecular weight excluding hydrogens is 582 g/mol. The van der Waals surface area contributed by atoms with Crippen molar-refractivity contribution in [2.75, 3.05) is 5.75 Å². The van der Waals surface area contributed by atoms with Crippen molar-refractivity contribution < 1.29 is 41.0 Å². The number of amides is 1. The van der Waals surface area contributed by atoms with Crippen LogP contribution >= 0.6 is 23.2 Å². The predicted octanol–water partition coefficient (Wildman–Crippen LogP) is 6.01. The van der Waals surface area contributed by atoms with Gasteiger partial charge >= 0.3 is 12.1 Å². The summed E-state index contributed by atoms with van der Waals surface area (Å²) in [5.41, 5.74) is 0.673. The monoisotopic (exact) mass is 609 g/mol. The van der Waals surface area contributed by atoms with Crippen molar-refractivity contribution in [1.29, 1.82) is 0 Å². The molecule has 1 N–H and O–H groups in total. The molecule has 1 heterocycles. The molecule has 0 spiro atoms. The fourth-order valence-electron chi connectivity index (χ4n) is 4.41. The number of ether oxygens (including phenoxy) is 1. The summed E-state index contributed by atoms with van der Waals surface area (Å²) in [7, 11) is -4.18. The lowest BCUT2D eigenvalue weighted by Gasteiger charge is -2.48.